The zero-order chi connectivity index (χ0) is 28.4. The summed E-state index contributed by atoms with van der Waals surface area (Å²) in [5.41, 5.74) is 0.238. The van der Waals surface area contributed by atoms with E-state index in [2.05, 4.69) is 37.2 Å². The standard InChI is InChI=1S/C28H25F5N6O/c1-38-6-8-39(9-7-38)16-18-3-4-21(13-23(18)28(31,32)33)35-27(40)19-10-17(14-34-15-19)2-5-25-22-11-20(29)12-24(30)26(22)37-36-25/h3-4,10-15,27,35,40H,6-9,16H2,1H3,(H,36,37). The summed E-state index contributed by atoms with van der Waals surface area (Å²) in [6, 6.07) is 7.27. The van der Waals surface area contributed by atoms with Crippen molar-refractivity contribution in [3.05, 3.63) is 88.4 Å². The molecule has 2 aromatic heterocycles. The first-order valence-electron chi connectivity index (χ1n) is 12.4. The van der Waals surface area contributed by atoms with Gasteiger partial charge in [-0.05, 0) is 42.8 Å². The Bertz CT molecular complexity index is 1580. The molecule has 1 aliphatic rings. The van der Waals surface area contributed by atoms with E-state index in [0.717, 1.165) is 31.3 Å². The molecule has 5 rings (SSSR count). The number of hydrogen-bond acceptors (Lipinski definition) is 6. The van der Waals surface area contributed by atoms with E-state index in [1.165, 1.54) is 30.6 Å². The number of piperazine rings is 1. The van der Waals surface area contributed by atoms with Gasteiger partial charge in [-0.3, -0.25) is 15.0 Å². The number of nitrogens with one attached hydrogen (secondary N) is 2. The van der Waals surface area contributed by atoms with E-state index in [4.69, 9.17) is 0 Å². The molecule has 0 bridgehead atoms. The van der Waals surface area contributed by atoms with Crippen LogP contribution < -0.4 is 5.32 Å². The highest BCUT2D eigenvalue weighted by Gasteiger charge is 2.34. The first-order chi connectivity index (χ1) is 19.1. The number of alkyl halides is 3. The summed E-state index contributed by atoms with van der Waals surface area (Å²) in [5.74, 6) is 3.93. The maximum Gasteiger partial charge on any atom is 0.416 e. The fourth-order valence-corrected chi connectivity index (χ4v) is 4.50. The fourth-order valence-electron chi connectivity index (χ4n) is 4.50. The monoisotopic (exact) mass is 556 g/mol. The maximum absolute atomic E-state index is 13.9. The molecule has 0 saturated carbocycles. The molecule has 40 heavy (non-hydrogen) atoms. The van der Waals surface area contributed by atoms with Gasteiger partial charge in [-0.1, -0.05) is 12.0 Å². The Balaban J connectivity index is 1.33. The number of hydrogen-bond donors (Lipinski definition) is 3. The Morgan fingerprint density at radius 1 is 1.05 bits per heavy atom. The highest BCUT2D eigenvalue weighted by Crippen LogP contribution is 2.35. The highest BCUT2D eigenvalue weighted by atomic mass is 19.4. The van der Waals surface area contributed by atoms with Crippen LogP contribution in [0.5, 0.6) is 0 Å². The first-order valence-corrected chi connectivity index (χ1v) is 12.4. The Hall–Kier alpha value is -4.05. The Morgan fingerprint density at radius 3 is 2.58 bits per heavy atom. The molecule has 0 spiro atoms. The van der Waals surface area contributed by atoms with Gasteiger partial charge in [0.05, 0.1) is 5.56 Å². The third-order valence-electron chi connectivity index (χ3n) is 6.70. The number of aromatic nitrogens is 3. The van der Waals surface area contributed by atoms with Crippen LogP contribution >= 0.6 is 0 Å². The number of aliphatic hydroxyl groups is 1. The summed E-state index contributed by atoms with van der Waals surface area (Å²) in [7, 11) is 1.98. The predicted octanol–water partition coefficient (Wildman–Crippen LogP) is 4.51. The van der Waals surface area contributed by atoms with Crippen molar-refractivity contribution in [1.82, 2.24) is 25.0 Å². The highest BCUT2D eigenvalue weighted by molar-refractivity contribution is 5.84. The average molecular weight is 557 g/mol. The van der Waals surface area contributed by atoms with Crippen molar-refractivity contribution in [2.75, 3.05) is 38.5 Å². The molecule has 1 saturated heterocycles. The second-order valence-corrected chi connectivity index (χ2v) is 9.64. The van der Waals surface area contributed by atoms with Crippen molar-refractivity contribution >= 4 is 16.6 Å². The zero-order valence-corrected chi connectivity index (χ0v) is 21.4. The van der Waals surface area contributed by atoms with Gasteiger partial charge in [0.25, 0.3) is 0 Å². The maximum atomic E-state index is 13.9. The molecule has 7 nitrogen and oxygen atoms in total. The van der Waals surface area contributed by atoms with E-state index >= 15 is 0 Å². The van der Waals surface area contributed by atoms with Gasteiger partial charge in [-0.25, -0.2) is 8.78 Å². The van der Waals surface area contributed by atoms with Crippen LogP contribution in [0.3, 0.4) is 0 Å². The van der Waals surface area contributed by atoms with Crippen molar-refractivity contribution in [3.63, 3.8) is 0 Å². The Labute approximate surface area is 226 Å². The SMILES string of the molecule is CN1CCN(Cc2ccc(NC(O)c3cncc(C#Cc4n[nH]c5c(F)cc(F)cc45)c3)cc2C(F)(F)F)CC1. The summed E-state index contributed by atoms with van der Waals surface area (Å²) >= 11 is 0. The molecule has 0 radical (unpaired) electrons. The number of halogens is 5. The normalized spacial score (nSPS) is 15.6. The number of pyridine rings is 1. The van der Waals surface area contributed by atoms with Crippen molar-refractivity contribution in [2.24, 2.45) is 0 Å². The second kappa shape index (κ2) is 11.2. The Kier molecular flexibility index (Phi) is 7.71. The molecule has 1 aliphatic heterocycles. The van der Waals surface area contributed by atoms with Crippen molar-refractivity contribution in [3.8, 4) is 11.8 Å². The molecule has 0 aliphatic carbocycles. The molecule has 12 heteroatoms. The van der Waals surface area contributed by atoms with Gasteiger partial charge in [0.1, 0.15) is 17.0 Å². The van der Waals surface area contributed by atoms with E-state index in [1.807, 2.05) is 11.9 Å². The van der Waals surface area contributed by atoms with E-state index in [0.29, 0.717) is 18.7 Å². The van der Waals surface area contributed by atoms with Crippen LogP contribution in [0.1, 0.15) is 34.2 Å². The molecule has 1 atom stereocenters. The Morgan fingerprint density at radius 2 is 1.82 bits per heavy atom. The summed E-state index contributed by atoms with van der Waals surface area (Å²) in [6.07, 6.45) is -3.18. The summed E-state index contributed by atoms with van der Waals surface area (Å²) in [5, 5.41) is 20.0. The smallest absolute Gasteiger partial charge is 0.369 e. The number of aliphatic hydroxyl groups excluding tert-OH is 1. The number of nitrogens with zero attached hydrogens (tertiary/aromatic N) is 4. The minimum Gasteiger partial charge on any atom is -0.369 e. The van der Waals surface area contributed by atoms with E-state index in [-0.39, 0.29) is 40.0 Å². The lowest BCUT2D eigenvalue weighted by atomic mass is 10.0. The molecule has 3 heterocycles. The van der Waals surface area contributed by atoms with E-state index in [9.17, 15) is 27.1 Å². The van der Waals surface area contributed by atoms with Crippen LogP contribution in [0.2, 0.25) is 0 Å². The lowest BCUT2D eigenvalue weighted by Crippen LogP contribution is -2.44. The molecule has 1 fully saturated rings. The molecular formula is C28H25F5N6O. The number of anilines is 1. The van der Waals surface area contributed by atoms with Gasteiger partial charge in [0.15, 0.2) is 12.0 Å². The first kappa shape index (κ1) is 27.5. The van der Waals surface area contributed by atoms with Gasteiger partial charge >= 0.3 is 6.18 Å². The van der Waals surface area contributed by atoms with Crippen LogP contribution in [0.15, 0.2) is 48.8 Å². The molecule has 2 aromatic carbocycles. The van der Waals surface area contributed by atoms with Gasteiger partial charge in [-0.15, -0.1) is 0 Å². The summed E-state index contributed by atoms with van der Waals surface area (Å²) in [4.78, 5) is 8.16. The molecular weight excluding hydrogens is 531 g/mol. The minimum absolute atomic E-state index is 0.0185. The lowest BCUT2D eigenvalue weighted by molar-refractivity contribution is -0.138. The van der Waals surface area contributed by atoms with Crippen LogP contribution in [-0.2, 0) is 12.7 Å². The number of aromatic amines is 1. The second-order valence-electron chi connectivity index (χ2n) is 9.64. The van der Waals surface area contributed by atoms with E-state index < -0.39 is 29.6 Å². The number of H-pyrrole nitrogens is 1. The van der Waals surface area contributed by atoms with Gasteiger partial charge < -0.3 is 15.3 Å². The number of fused-ring (bicyclic) bond motifs is 1. The zero-order valence-electron chi connectivity index (χ0n) is 21.4. The molecule has 208 valence electrons. The fraction of sp³-hybridized carbons (Fsp3) is 0.286. The average Bonchev–Trinajstić information content (AvgIpc) is 3.32. The third kappa shape index (κ3) is 6.22. The van der Waals surface area contributed by atoms with Crippen molar-refractivity contribution in [1.29, 1.82) is 0 Å². The third-order valence-corrected chi connectivity index (χ3v) is 6.70. The van der Waals surface area contributed by atoms with Crippen molar-refractivity contribution < 1.29 is 27.1 Å². The minimum atomic E-state index is -4.57. The van der Waals surface area contributed by atoms with Crippen LogP contribution in [0.4, 0.5) is 27.6 Å². The van der Waals surface area contributed by atoms with Gasteiger partial charge in [0.2, 0.25) is 0 Å². The van der Waals surface area contributed by atoms with Gasteiger partial charge in [-0.2, -0.15) is 18.3 Å². The number of likely N-dealkylation sites (N-methyl/N-ethyl adjacent to an activating group) is 1. The van der Waals surface area contributed by atoms with Crippen molar-refractivity contribution in [2.45, 2.75) is 18.9 Å². The van der Waals surface area contributed by atoms with Crippen LogP contribution in [0.25, 0.3) is 10.9 Å². The summed E-state index contributed by atoms with van der Waals surface area (Å²) < 4.78 is 69.3. The van der Waals surface area contributed by atoms with E-state index in [1.54, 1.807) is 0 Å². The molecule has 4 aromatic rings. The molecule has 0 amide bonds. The quantitative estimate of drug-likeness (QED) is 0.191. The number of benzene rings is 2. The molecule has 3 N–H and O–H groups in total. The lowest BCUT2D eigenvalue weighted by Gasteiger charge is -2.33. The summed E-state index contributed by atoms with van der Waals surface area (Å²) in [6.45, 7) is 3.13. The topological polar surface area (TPSA) is 80.3 Å². The van der Waals surface area contributed by atoms with Crippen LogP contribution in [-0.4, -0.2) is 63.3 Å². The van der Waals surface area contributed by atoms with Crippen LogP contribution in [0, 0.1) is 23.5 Å². The number of rotatable bonds is 5. The van der Waals surface area contributed by atoms with Gasteiger partial charge in [0, 0.05) is 73.4 Å². The molecule has 1 unspecified atom stereocenters. The predicted molar refractivity (Wildman–Crippen MR) is 139 cm³/mol. The largest absolute Gasteiger partial charge is 0.416 e.